The maximum absolute atomic E-state index is 12.8. The second kappa shape index (κ2) is 6.89. The average molecular weight is 362 g/mol. The lowest BCUT2D eigenvalue weighted by molar-refractivity contribution is 0.210. The van der Waals surface area contributed by atoms with Crippen molar-refractivity contribution in [2.24, 2.45) is 0 Å². The van der Waals surface area contributed by atoms with Gasteiger partial charge in [0.05, 0.1) is 12.2 Å². The number of rotatable bonds is 5. The van der Waals surface area contributed by atoms with E-state index in [1.807, 2.05) is 54.6 Å². The molecule has 138 valence electrons. The number of hydrogen-bond acceptors (Lipinski definition) is 4. The van der Waals surface area contributed by atoms with Gasteiger partial charge in [-0.1, -0.05) is 17.7 Å². The summed E-state index contributed by atoms with van der Waals surface area (Å²) in [5.41, 5.74) is 4.85. The fourth-order valence-corrected chi connectivity index (χ4v) is 3.38. The van der Waals surface area contributed by atoms with Gasteiger partial charge in [0, 0.05) is 24.9 Å². The van der Waals surface area contributed by atoms with E-state index < -0.39 is 0 Å². The molecular formula is C21H22N4O2. The number of nitrogens with one attached hydrogen (secondary N) is 2. The lowest BCUT2D eigenvalue weighted by Gasteiger charge is -2.10. The number of pyridine rings is 2. The summed E-state index contributed by atoms with van der Waals surface area (Å²) in [6.45, 7) is 5.24. The Labute approximate surface area is 156 Å². The van der Waals surface area contributed by atoms with Crippen molar-refractivity contribution in [3.8, 4) is 11.3 Å². The van der Waals surface area contributed by atoms with Gasteiger partial charge < -0.3 is 15.0 Å². The van der Waals surface area contributed by atoms with Gasteiger partial charge >= 0.3 is 0 Å². The zero-order valence-electron chi connectivity index (χ0n) is 15.7. The monoisotopic (exact) mass is 362 g/mol. The molecule has 1 aromatic carbocycles. The number of H-pyrrole nitrogens is 1. The summed E-state index contributed by atoms with van der Waals surface area (Å²) in [5.74, 6) is 0.803. The molecule has 0 saturated carbocycles. The molecule has 6 nitrogen and oxygen atoms in total. The lowest BCUT2D eigenvalue weighted by Crippen LogP contribution is -2.13. The molecule has 0 amide bonds. The normalized spacial score (nSPS) is 11.4. The first-order valence-corrected chi connectivity index (χ1v) is 8.93. The van der Waals surface area contributed by atoms with Crippen molar-refractivity contribution in [1.82, 2.24) is 14.4 Å². The first kappa shape index (κ1) is 17.3. The molecule has 4 rings (SSSR count). The third-order valence-electron chi connectivity index (χ3n) is 4.69. The number of aromatic nitrogens is 3. The Morgan fingerprint density at radius 1 is 1.19 bits per heavy atom. The molecule has 0 atom stereocenters. The van der Waals surface area contributed by atoms with Gasteiger partial charge in [0.15, 0.2) is 0 Å². The summed E-state index contributed by atoms with van der Waals surface area (Å²) in [7, 11) is 1.67. The van der Waals surface area contributed by atoms with Gasteiger partial charge in [-0.25, -0.2) is 4.98 Å². The molecule has 2 N–H and O–H groups in total. The highest BCUT2D eigenvalue weighted by Crippen LogP contribution is 2.29. The van der Waals surface area contributed by atoms with E-state index >= 15 is 0 Å². The Balaban J connectivity index is 1.96. The van der Waals surface area contributed by atoms with E-state index in [9.17, 15) is 4.79 Å². The molecule has 0 aliphatic heterocycles. The molecule has 27 heavy (non-hydrogen) atoms. The van der Waals surface area contributed by atoms with Crippen LogP contribution in [0.15, 0.2) is 47.3 Å². The van der Waals surface area contributed by atoms with Crippen LogP contribution in [-0.2, 0) is 4.74 Å². The standard InChI is InChI=1S/C21H22N4O2/c1-13-7-8-17-15(11-13)12-16(21(26)23-17)19-20(22-9-10-27-3)25-14(2)5-4-6-18(25)24-19/h4-8,11-12,22H,9-10H2,1-3H3,(H,23,26). The second-order valence-electron chi connectivity index (χ2n) is 6.69. The number of methoxy groups -OCH3 is 1. The maximum Gasteiger partial charge on any atom is 0.258 e. The number of anilines is 1. The van der Waals surface area contributed by atoms with Gasteiger partial charge in [0.25, 0.3) is 5.56 Å². The van der Waals surface area contributed by atoms with Crippen LogP contribution >= 0.6 is 0 Å². The predicted octanol–water partition coefficient (Wildman–Crippen LogP) is 3.52. The molecule has 0 radical (unpaired) electrons. The van der Waals surface area contributed by atoms with E-state index in [1.165, 1.54) is 0 Å². The Morgan fingerprint density at radius 2 is 2.04 bits per heavy atom. The highest BCUT2D eigenvalue weighted by molar-refractivity contribution is 5.86. The van der Waals surface area contributed by atoms with Gasteiger partial charge in [0.2, 0.25) is 0 Å². The van der Waals surface area contributed by atoms with Gasteiger partial charge in [-0.3, -0.25) is 9.20 Å². The predicted molar refractivity (Wildman–Crippen MR) is 109 cm³/mol. The lowest BCUT2D eigenvalue weighted by atomic mass is 10.1. The van der Waals surface area contributed by atoms with E-state index in [0.29, 0.717) is 24.4 Å². The zero-order valence-corrected chi connectivity index (χ0v) is 15.7. The summed E-state index contributed by atoms with van der Waals surface area (Å²) in [6, 6.07) is 13.8. The largest absolute Gasteiger partial charge is 0.383 e. The molecule has 0 aliphatic rings. The molecule has 0 bridgehead atoms. The van der Waals surface area contributed by atoms with Gasteiger partial charge in [-0.2, -0.15) is 0 Å². The SMILES string of the molecule is COCCNc1c(-c2cc3cc(C)ccc3[nH]c2=O)nc2cccc(C)n12. The van der Waals surface area contributed by atoms with Crippen molar-refractivity contribution in [2.75, 3.05) is 25.6 Å². The number of nitrogens with zero attached hydrogens (tertiary/aromatic N) is 2. The molecule has 0 spiro atoms. The van der Waals surface area contributed by atoms with Crippen molar-refractivity contribution >= 4 is 22.4 Å². The molecule has 6 heteroatoms. The quantitative estimate of drug-likeness (QED) is 0.533. The molecule has 0 fully saturated rings. The number of aromatic amines is 1. The van der Waals surface area contributed by atoms with E-state index in [2.05, 4.69) is 16.4 Å². The molecule has 3 heterocycles. The number of ether oxygens (including phenoxy) is 1. The number of hydrogen-bond donors (Lipinski definition) is 2. The summed E-state index contributed by atoms with van der Waals surface area (Å²) >= 11 is 0. The highest BCUT2D eigenvalue weighted by Gasteiger charge is 2.18. The molecular weight excluding hydrogens is 340 g/mol. The smallest absolute Gasteiger partial charge is 0.258 e. The Morgan fingerprint density at radius 3 is 2.85 bits per heavy atom. The van der Waals surface area contributed by atoms with E-state index in [-0.39, 0.29) is 5.56 Å². The van der Waals surface area contributed by atoms with E-state index in [1.54, 1.807) is 7.11 Å². The minimum Gasteiger partial charge on any atom is -0.383 e. The topological polar surface area (TPSA) is 71.4 Å². The third kappa shape index (κ3) is 3.08. The van der Waals surface area contributed by atoms with Crippen LogP contribution in [0.1, 0.15) is 11.3 Å². The van der Waals surface area contributed by atoms with Gasteiger partial charge in [0.1, 0.15) is 17.2 Å². The summed E-state index contributed by atoms with van der Waals surface area (Å²) in [6.07, 6.45) is 0. The minimum atomic E-state index is -0.151. The maximum atomic E-state index is 12.8. The van der Waals surface area contributed by atoms with Gasteiger partial charge in [-0.05, 0) is 49.6 Å². The van der Waals surface area contributed by atoms with Crippen molar-refractivity contribution in [1.29, 1.82) is 0 Å². The molecule has 3 aromatic heterocycles. The van der Waals surface area contributed by atoms with Crippen LogP contribution in [-0.4, -0.2) is 34.6 Å². The van der Waals surface area contributed by atoms with Crippen LogP contribution in [0.4, 0.5) is 5.82 Å². The molecule has 0 aliphatic carbocycles. The molecule has 4 aromatic rings. The molecule has 0 unspecified atom stereocenters. The van der Waals surface area contributed by atoms with Crippen molar-refractivity contribution < 1.29 is 4.74 Å². The number of aryl methyl sites for hydroxylation is 2. The summed E-state index contributed by atoms with van der Waals surface area (Å²) in [4.78, 5) is 20.5. The summed E-state index contributed by atoms with van der Waals surface area (Å²) in [5, 5.41) is 4.37. The molecule has 0 saturated heterocycles. The van der Waals surface area contributed by atoms with Crippen LogP contribution < -0.4 is 10.9 Å². The number of fused-ring (bicyclic) bond motifs is 2. The van der Waals surface area contributed by atoms with Crippen LogP contribution in [0.5, 0.6) is 0 Å². The average Bonchev–Trinajstić information content (AvgIpc) is 3.01. The van der Waals surface area contributed by atoms with Crippen molar-refractivity contribution in [2.45, 2.75) is 13.8 Å². The minimum absolute atomic E-state index is 0.151. The van der Waals surface area contributed by atoms with Crippen LogP contribution in [0, 0.1) is 13.8 Å². The Hall–Kier alpha value is -3.12. The summed E-state index contributed by atoms with van der Waals surface area (Å²) < 4.78 is 7.20. The third-order valence-corrected chi connectivity index (χ3v) is 4.69. The fraction of sp³-hybridized carbons (Fsp3) is 0.238. The highest BCUT2D eigenvalue weighted by atomic mass is 16.5. The van der Waals surface area contributed by atoms with E-state index in [0.717, 1.165) is 33.6 Å². The van der Waals surface area contributed by atoms with Crippen LogP contribution in [0.3, 0.4) is 0 Å². The van der Waals surface area contributed by atoms with Crippen molar-refractivity contribution in [3.05, 3.63) is 64.1 Å². The zero-order chi connectivity index (χ0) is 19.0. The fourth-order valence-electron chi connectivity index (χ4n) is 3.38. The first-order valence-electron chi connectivity index (χ1n) is 8.93. The van der Waals surface area contributed by atoms with Crippen LogP contribution in [0.25, 0.3) is 27.8 Å². The number of benzene rings is 1. The van der Waals surface area contributed by atoms with Crippen molar-refractivity contribution in [3.63, 3.8) is 0 Å². The van der Waals surface area contributed by atoms with Gasteiger partial charge in [-0.15, -0.1) is 0 Å². The van der Waals surface area contributed by atoms with E-state index in [4.69, 9.17) is 9.72 Å². The Bertz CT molecular complexity index is 1190. The Kier molecular flexibility index (Phi) is 4.41. The van der Waals surface area contributed by atoms with Crippen LogP contribution in [0.2, 0.25) is 0 Å². The first-order chi connectivity index (χ1) is 13.1. The second-order valence-corrected chi connectivity index (χ2v) is 6.69. The number of imidazole rings is 1.